The van der Waals surface area contributed by atoms with Gasteiger partial charge in [0.25, 0.3) is 5.91 Å². The molecule has 2 rings (SSSR count). The molecule has 0 aliphatic rings. The van der Waals surface area contributed by atoms with Crippen molar-refractivity contribution in [2.24, 2.45) is 10.2 Å². The highest BCUT2D eigenvalue weighted by molar-refractivity contribution is 6.33. The second kappa shape index (κ2) is 11.9. The molecular formula is C22H26ClN3O6. The molecule has 10 heteroatoms. The number of carbonyl (C=O) groups excluding carboxylic acids is 2. The number of azo groups is 1. The molecule has 1 N–H and O–H groups in total. The van der Waals surface area contributed by atoms with E-state index in [9.17, 15) is 9.59 Å². The van der Waals surface area contributed by atoms with E-state index in [2.05, 4.69) is 15.5 Å². The molecule has 9 nitrogen and oxygen atoms in total. The van der Waals surface area contributed by atoms with Crippen molar-refractivity contribution in [1.29, 1.82) is 0 Å². The molecule has 0 aliphatic carbocycles. The highest BCUT2D eigenvalue weighted by atomic mass is 35.5. The topological polar surface area (TPSA) is 108 Å². The maximum atomic E-state index is 12.8. The third-order valence-electron chi connectivity index (χ3n) is 4.17. The quantitative estimate of drug-likeness (QED) is 0.377. The number of halogens is 1. The first-order valence-corrected chi connectivity index (χ1v) is 10.3. The molecule has 0 saturated carbocycles. The Balaban J connectivity index is 2.31. The predicted molar refractivity (Wildman–Crippen MR) is 121 cm³/mol. The lowest BCUT2D eigenvalue weighted by atomic mass is 10.2. The Morgan fingerprint density at radius 2 is 1.62 bits per heavy atom. The average molecular weight is 464 g/mol. The van der Waals surface area contributed by atoms with E-state index in [4.69, 9.17) is 30.5 Å². The largest absolute Gasteiger partial charge is 0.495 e. The van der Waals surface area contributed by atoms with Crippen LogP contribution in [-0.2, 0) is 9.59 Å². The number of rotatable bonds is 11. The Labute approximate surface area is 191 Å². The zero-order valence-corrected chi connectivity index (χ0v) is 19.4. The van der Waals surface area contributed by atoms with Gasteiger partial charge in [-0.25, -0.2) is 0 Å². The Bertz CT molecular complexity index is 971. The summed E-state index contributed by atoms with van der Waals surface area (Å²) in [7, 11) is 2.87. The lowest BCUT2D eigenvalue weighted by molar-refractivity contribution is -0.126. The molecule has 0 spiro atoms. The first kappa shape index (κ1) is 24.9. The molecule has 0 aromatic heterocycles. The second-order valence-electron chi connectivity index (χ2n) is 6.41. The summed E-state index contributed by atoms with van der Waals surface area (Å²) in [6, 6.07) is 6.70. The van der Waals surface area contributed by atoms with Crippen molar-refractivity contribution >= 4 is 34.7 Å². The maximum Gasteiger partial charge on any atom is 0.258 e. The fraction of sp³-hybridized carbons (Fsp3) is 0.364. The van der Waals surface area contributed by atoms with E-state index in [0.29, 0.717) is 47.6 Å². The van der Waals surface area contributed by atoms with E-state index < -0.39 is 17.7 Å². The van der Waals surface area contributed by atoms with Crippen molar-refractivity contribution in [1.82, 2.24) is 0 Å². The van der Waals surface area contributed by atoms with Gasteiger partial charge in [-0.1, -0.05) is 11.6 Å². The van der Waals surface area contributed by atoms with Crippen molar-refractivity contribution in [2.75, 3.05) is 32.8 Å². The number of ether oxygens (including phenoxy) is 4. The van der Waals surface area contributed by atoms with Crippen LogP contribution in [0.1, 0.15) is 20.8 Å². The molecule has 1 unspecified atom stereocenters. The molecule has 2 aromatic carbocycles. The summed E-state index contributed by atoms with van der Waals surface area (Å²) in [5.74, 6) is 0.459. The molecule has 1 amide bonds. The number of amides is 1. The lowest BCUT2D eigenvalue weighted by Gasteiger charge is -2.14. The van der Waals surface area contributed by atoms with E-state index >= 15 is 0 Å². The van der Waals surface area contributed by atoms with Crippen LogP contribution in [0, 0.1) is 0 Å². The van der Waals surface area contributed by atoms with Gasteiger partial charge in [0.1, 0.15) is 33.7 Å². The fourth-order valence-corrected chi connectivity index (χ4v) is 2.96. The molecule has 32 heavy (non-hydrogen) atoms. The Morgan fingerprint density at radius 1 is 1.00 bits per heavy atom. The van der Waals surface area contributed by atoms with Gasteiger partial charge in [-0.2, -0.15) is 10.2 Å². The van der Waals surface area contributed by atoms with E-state index in [0.717, 1.165) is 0 Å². The average Bonchev–Trinajstić information content (AvgIpc) is 2.76. The van der Waals surface area contributed by atoms with Gasteiger partial charge < -0.3 is 24.3 Å². The van der Waals surface area contributed by atoms with Crippen molar-refractivity contribution in [3.63, 3.8) is 0 Å². The van der Waals surface area contributed by atoms with Crippen molar-refractivity contribution in [3.8, 4) is 23.0 Å². The molecule has 0 bridgehead atoms. The summed E-state index contributed by atoms with van der Waals surface area (Å²) in [6.45, 7) is 5.82. The first-order chi connectivity index (χ1) is 15.3. The summed E-state index contributed by atoms with van der Waals surface area (Å²) in [6.07, 6.45) is 0. The van der Waals surface area contributed by atoms with Crippen LogP contribution in [0.2, 0.25) is 5.02 Å². The number of benzene rings is 2. The number of methoxy groups -OCH3 is 2. The van der Waals surface area contributed by atoms with Gasteiger partial charge in [-0.3, -0.25) is 9.59 Å². The highest BCUT2D eigenvalue weighted by Crippen LogP contribution is 2.37. The van der Waals surface area contributed by atoms with Crippen LogP contribution in [0.25, 0.3) is 0 Å². The van der Waals surface area contributed by atoms with Crippen LogP contribution >= 0.6 is 11.6 Å². The standard InChI is InChI=1S/C22H26ClN3O6/c1-6-31-15-8-9-17(32-7-2)16(12-15)25-26-21(13(3)27)22(28)24-14-10-18(29-4)20(23)19(11-14)30-5/h8-12,21H,6-7H2,1-5H3,(H,24,28). The third-order valence-corrected chi connectivity index (χ3v) is 4.54. The lowest BCUT2D eigenvalue weighted by Crippen LogP contribution is -2.31. The maximum absolute atomic E-state index is 12.8. The van der Waals surface area contributed by atoms with Crippen molar-refractivity contribution < 1.29 is 28.5 Å². The third kappa shape index (κ3) is 6.34. The van der Waals surface area contributed by atoms with Crippen LogP contribution in [-0.4, -0.2) is 45.2 Å². The van der Waals surface area contributed by atoms with E-state index in [1.54, 1.807) is 18.2 Å². The molecule has 0 aliphatic heterocycles. The Hall–Kier alpha value is -3.33. The molecule has 0 saturated heterocycles. The SMILES string of the molecule is CCOc1ccc(OCC)c(N=NC(C(C)=O)C(=O)Nc2cc(OC)c(Cl)c(OC)c2)c1. The molecule has 172 valence electrons. The van der Waals surface area contributed by atoms with Gasteiger partial charge in [0.15, 0.2) is 5.78 Å². The number of ketones is 1. The molecular weight excluding hydrogens is 438 g/mol. The molecule has 0 radical (unpaired) electrons. The summed E-state index contributed by atoms with van der Waals surface area (Å²) >= 11 is 6.15. The summed E-state index contributed by atoms with van der Waals surface area (Å²) in [5.41, 5.74) is 0.662. The number of hydrogen-bond acceptors (Lipinski definition) is 8. The minimum Gasteiger partial charge on any atom is -0.495 e. The predicted octanol–water partition coefficient (Wildman–Crippen LogP) is 4.83. The monoisotopic (exact) mass is 463 g/mol. The Morgan fingerprint density at radius 3 is 2.16 bits per heavy atom. The highest BCUT2D eigenvalue weighted by Gasteiger charge is 2.24. The summed E-state index contributed by atoms with van der Waals surface area (Å²) in [5, 5.41) is 11.0. The van der Waals surface area contributed by atoms with Gasteiger partial charge in [0, 0.05) is 23.9 Å². The number of carbonyl (C=O) groups is 2. The van der Waals surface area contributed by atoms with Gasteiger partial charge in [0.05, 0.1) is 27.4 Å². The van der Waals surface area contributed by atoms with Crippen LogP contribution in [0.3, 0.4) is 0 Å². The molecule has 0 heterocycles. The van der Waals surface area contributed by atoms with Crippen molar-refractivity contribution in [3.05, 3.63) is 35.4 Å². The number of nitrogens with zero attached hydrogens (tertiary/aromatic N) is 2. The molecule has 0 fully saturated rings. The van der Waals surface area contributed by atoms with Gasteiger partial charge in [0.2, 0.25) is 6.04 Å². The second-order valence-corrected chi connectivity index (χ2v) is 6.79. The van der Waals surface area contributed by atoms with Crippen LogP contribution in [0.15, 0.2) is 40.6 Å². The number of nitrogens with one attached hydrogen (secondary N) is 1. The minimum absolute atomic E-state index is 0.258. The normalized spacial score (nSPS) is 11.7. The van der Waals surface area contributed by atoms with Crippen LogP contribution < -0.4 is 24.3 Å². The summed E-state index contributed by atoms with van der Waals surface area (Å²) < 4.78 is 21.4. The fourth-order valence-electron chi connectivity index (χ4n) is 2.70. The van der Waals surface area contributed by atoms with Gasteiger partial charge in [-0.05, 0) is 32.9 Å². The smallest absolute Gasteiger partial charge is 0.258 e. The number of hydrogen-bond donors (Lipinski definition) is 1. The first-order valence-electron chi connectivity index (χ1n) is 9.87. The Kier molecular flexibility index (Phi) is 9.27. The number of Topliss-reactive ketones (excluding diaryl/α,β-unsaturated/α-hetero) is 1. The molecule has 2 aromatic rings. The van der Waals surface area contributed by atoms with Crippen LogP contribution in [0.4, 0.5) is 11.4 Å². The zero-order chi connectivity index (χ0) is 23.7. The molecule has 1 atom stereocenters. The zero-order valence-electron chi connectivity index (χ0n) is 18.6. The summed E-state index contributed by atoms with van der Waals surface area (Å²) in [4.78, 5) is 24.9. The number of anilines is 1. The van der Waals surface area contributed by atoms with Gasteiger partial charge >= 0.3 is 0 Å². The van der Waals surface area contributed by atoms with E-state index in [1.165, 1.54) is 33.3 Å². The van der Waals surface area contributed by atoms with Crippen LogP contribution in [0.5, 0.6) is 23.0 Å². The van der Waals surface area contributed by atoms with Gasteiger partial charge in [-0.15, -0.1) is 0 Å². The van der Waals surface area contributed by atoms with E-state index in [1.807, 2.05) is 13.8 Å². The minimum atomic E-state index is -1.38. The van der Waals surface area contributed by atoms with E-state index in [-0.39, 0.29) is 5.02 Å². The van der Waals surface area contributed by atoms with Crippen molar-refractivity contribution in [2.45, 2.75) is 26.8 Å².